The first-order valence-electron chi connectivity index (χ1n) is 9.24. The molecule has 1 aliphatic rings. The smallest absolute Gasteiger partial charge is 0.358 e. The normalized spacial score (nSPS) is 13.0. The van der Waals surface area contributed by atoms with Gasteiger partial charge in [-0.25, -0.2) is 0 Å². The highest BCUT2D eigenvalue weighted by Gasteiger charge is 2.25. The lowest BCUT2D eigenvalue weighted by atomic mass is 10.0. The van der Waals surface area contributed by atoms with Gasteiger partial charge >= 0.3 is 6.18 Å². The van der Waals surface area contributed by atoms with E-state index in [1.165, 1.54) is 11.1 Å². The van der Waals surface area contributed by atoms with Crippen molar-refractivity contribution in [2.75, 3.05) is 6.54 Å². The summed E-state index contributed by atoms with van der Waals surface area (Å²) in [5, 5.41) is 2.88. The third-order valence-electron chi connectivity index (χ3n) is 4.53. The fraction of sp³-hybridized carbons (Fsp3) is 0.227. The number of carbonyl (C=O) groups excluding carboxylic acids is 2. The summed E-state index contributed by atoms with van der Waals surface area (Å²) in [5.74, 6) is 0.00217. The zero-order valence-electron chi connectivity index (χ0n) is 16.4. The molecule has 4 rings (SSSR count). The first-order valence-corrected chi connectivity index (χ1v) is 9.24. The second-order valence-electron chi connectivity index (χ2n) is 7.05. The number of nitrogens with zero attached hydrogens (tertiary/aromatic N) is 1. The number of aryl methyl sites for hydroxylation is 2. The van der Waals surface area contributed by atoms with Gasteiger partial charge in [-0.2, -0.15) is 13.2 Å². The van der Waals surface area contributed by atoms with Crippen LogP contribution in [0.25, 0.3) is 22.5 Å². The first-order chi connectivity index (χ1) is 14.2. The Morgan fingerprint density at radius 1 is 1.03 bits per heavy atom. The number of aldehydes is 1. The van der Waals surface area contributed by atoms with Crippen LogP contribution in [0.15, 0.2) is 42.6 Å². The molecule has 0 spiro atoms. The molecule has 156 valence electrons. The molecule has 0 fully saturated rings. The van der Waals surface area contributed by atoms with Gasteiger partial charge in [0.1, 0.15) is 0 Å². The molecular formula is C22H20F3N3O2. The van der Waals surface area contributed by atoms with Gasteiger partial charge in [-0.05, 0) is 44.2 Å². The topological polar surface area (TPSA) is 74.8 Å². The number of rotatable bonds is 2. The Kier molecular flexibility index (Phi) is 6.05. The zero-order chi connectivity index (χ0) is 21.9. The largest absolute Gasteiger partial charge is 0.446 e. The Hall–Kier alpha value is -3.42. The van der Waals surface area contributed by atoms with E-state index in [1.807, 2.05) is 18.3 Å². The molecule has 1 aromatic carbocycles. The van der Waals surface area contributed by atoms with Crippen molar-refractivity contribution >= 4 is 12.2 Å². The number of benzene rings is 1. The van der Waals surface area contributed by atoms with Crippen molar-refractivity contribution in [3.05, 3.63) is 65.0 Å². The molecule has 1 aliphatic heterocycles. The van der Waals surface area contributed by atoms with Crippen molar-refractivity contribution in [2.45, 2.75) is 26.4 Å². The standard InChI is InChI=1S/C20H19N3O.C2HF3O/c1-12-7-13(2)9-15(8-12)18-10-14(3-5-21-18)19-11-16-17(23-19)4-6-22-20(16)24;3-2(4,5)1-6/h3,5,7-11,23H,4,6H2,1-2H3,(H,22,24);1H. The van der Waals surface area contributed by atoms with E-state index in [9.17, 15) is 18.0 Å². The third kappa shape index (κ3) is 5.14. The number of amides is 1. The Morgan fingerprint density at radius 3 is 2.30 bits per heavy atom. The number of aromatic amines is 1. The minimum atomic E-state index is -4.64. The van der Waals surface area contributed by atoms with Crippen LogP contribution in [-0.4, -0.2) is 34.9 Å². The van der Waals surface area contributed by atoms with Crippen molar-refractivity contribution < 1.29 is 22.8 Å². The van der Waals surface area contributed by atoms with E-state index < -0.39 is 12.5 Å². The summed E-state index contributed by atoms with van der Waals surface area (Å²) in [7, 11) is 0. The van der Waals surface area contributed by atoms with Gasteiger partial charge in [0.25, 0.3) is 5.91 Å². The molecule has 8 heteroatoms. The SMILES string of the molecule is Cc1cc(C)cc(-c2cc(-c3cc4c([nH]3)CCNC4=O)ccn2)c1.O=CC(F)(F)F. The molecule has 0 saturated heterocycles. The van der Waals surface area contributed by atoms with Crippen molar-refractivity contribution in [3.63, 3.8) is 0 Å². The monoisotopic (exact) mass is 415 g/mol. The molecule has 0 unspecified atom stereocenters. The summed E-state index contributed by atoms with van der Waals surface area (Å²) in [6, 6.07) is 12.4. The Labute approximate surface area is 171 Å². The molecule has 0 bridgehead atoms. The van der Waals surface area contributed by atoms with Gasteiger partial charge < -0.3 is 10.3 Å². The second-order valence-corrected chi connectivity index (χ2v) is 7.05. The summed E-state index contributed by atoms with van der Waals surface area (Å²) in [5.41, 5.74) is 8.28. The van der Waals surface area contributed by atoms with Crippen LogP contribution in [0.5, 0.6) is 0 Å². The van der Waals surface area contributed by atoms with Gasteiger partial charge in [0.15, 0.2) is 0 Å². The van der Waals surface area contributed by atoms with Gasteiger partial charge in [0.05, 0.1) is 11.3 Å². The van der Waals surface area contributed by atoms with E-state index in [0.29, 0.717) is 6.54 Å². The lowest BCUT2D eigenvalue weighted by Gasteiger charge is -2.11. The van der Waals surface area contributed by atoms with Gasteiger partial charge in [0.2, 0.25) is 6.29 Å². The van der Waals surface area contributed by atoms with Gasteiger partial charge in [-0.1, -0.05) is 17.2 Å². The lowest BCUT2D eigenvalue weighted by Crippen LogP contribution is -2.31. The number of hydrogen-bond donors (Lipinski definition) is 2. The number of fused-ring (bicyclic) bond motifs is 1. The molecule has 1 amide bonds. The highest BCUT2D eigenvalue weighted by molar-refractivity contribution is 5.97. The maximum absolute atomic E-state index is 12.0. The van der Waals surface area contributed by atoms with Crippen LogP contribution in [0, 0.1) is 13.8 Å². The Balaban J connectivity index is 0.000000377. The molecule has 2 N–H and O–H groups in total. The molecule has 0 radical (unpaired) electrons. The van der Waals surface area contributed by atoms with E-state index in [-0.39, 0.29) is 5.91 Å². The van der Waals surface area contributed by atoms with Crippen molar-refractivity contribution in [3.8, 4) is 22.5 Å². The van der Waals surface area contributed by atoms with Gasteiger partial charge in [-0.3, -0.25) is 14.6 Å². The van der Waals surface area contributed by atoms with E-state index in [0.717, 1.165) is 40.2 Å². The predicted octanol–water partition coefficient (Wildman–Crippen LogP) is 4.39. The number of alkyl halides is 3. The van der Waals surface area contributed by atoms with E-state index in [4.69, 9.17) is 4.79 Å². The molecule has 0 saturated carbocycles. The highest BCUT2D eigenvalue weighted by atomic mass is 19.4. The molecular weight excluding hydrogens is 395 g/mol. The summed E-state index contributed by atoms with van der Waals surface area (Å²) in [6.45, 7) is 4.88. The van der Waals surface area contributed by atoms with Crippen molar-refractivity contribution in [1.29, 1.82) is 0 Å². The molecule has 3 heterocycles. The van der Waals surface area contributed by atoms with Crippen molar-refractivity contribution in [1.82, 2.24) is 15.3 Å². The van der Waals surface area contributed by atoms with Gasteiger partial charge in [-0.15, -0.1) is 0 Å². The van der Waals surface area contributed by atoms with Crippen LogP contribution in [0.2, 0.25) is 0 Å². The second kappa shape index (κ2) is 8.52. The Morgan fingerprint density at radius 2 is 1.70 bits per heavy atom. The van der Waals surface area contributed by atoms with E-state index in [2.05, 4.69) is 53.4 Å². The molecule has 30 heavy (non-hydrogen) atoms. The highest BCUT2D eigenvalue weighted by Crippen LogP contribution is 2.28. The summed E-state index contributed by atoms with van der Waals surface area (Å²) in [4.78, 5) is 28.6. The van der Waals surface area contributed by atoms with Crippen LogP contribution in [-0.2, 0) is 11.2 Å². The van der Waals surface area contributed by atoms with Crippen LogP contribution in [0.1, 0.15) is 27.2 Å². The average Bonchev–Trinajstić information content (AvgIpc) is 3.13. The number of halogens is 3. The summed E-state index contributed by atoms with van der Waals surface area (Å²) < 4.78 is 31.2. The third-order valence-corrected chi connectivity index (χ3v) is 4.53. The van der Waals surface area contributed by atoms with Crippen LogP contribution >= 0.6 is 0 Å². The number of hydrogen-bond acceptors (Lipinski definition) is 3. The molecule has 0 atom stereocenters. The predicted molar refractivity (Wildman–Crippen MR) is 107 cm³/mol. The fourth-order valence-electron chi connectivity index (χ4n) is 3.33. The summed E-state index contributed by atoms with van der Waals surface area (Å²) >= 11 is 0. The number of carbonyl (C=O) groups is 2. The minimum absolute atomic E-state index is 0.00217. The van der Waals surface area contributed by atoms with E-state index >= 15 is 0 Å². The molecule has 2 aromatic heterocycles. The van der Waals surface area contributed by atoms with Crippen LogP contribution in [0.4, 0.5) is 13.2 Å². The quantitative estimate of drug-likeness (QED) is 0.610. The number of nitrogens with one attached hydrogen (secondary N) is 2. The average molecular weight is 415 g/mol. The maximum Gasteiger partial charge on any atom is 0.446 e. The van der Waals surface area contributed by atoms with E-state index in [1.54, 1.807) is 0 Å². The first kappa shape index (κ1) is 21.3. The molecule has 0 aliphatic carbocycles. The van der Waals surface area contributed by atoms with Crippen molar-refractivity contribution in [2.24, 2.45) is 0 Å². The molecule has 5 nitrogen and oxygen atoms in total. The van der Waals surface area contributed by atoms with Crippen LogP contribution < -0.4 is 5.32 Å². The minimum Gasteiger partial charge on any atom is -0.358 e. The number of pyridine rings is 1. The molecule has 3 aromatic rings. The zero-order valence-corrected chi connectivity index (χ0v) is 16.4. The van der Waals surface area contributed by atoms with Gasteiger partial charge in [0, 0.05) is 41.7 Å². The number of aromatic nitrogens is 2. The lowest BCUT2D eigenvalue weighted by molar-refractivity contribution is -0.156. The summed E-state index contributed by atoms with van der Waals surface area (Å²) in [6.07, 6.45) is -3.04. The number of H-pyrrole nitrogens is 1. The fourth-order valence-corrected chi connectivity index (χ4v) is 3.33. The maximum atomic E-state index is 12.0. The van der Waals surface area contributed by atoms with Crippen LogP contribution in [0.3, 0.4) is 0 Å². The Bertz CT molecular complexity index is 1070.